The van der Waals surface area contributed by atoms with Crippen LogP contribution in [-0.2, 0) is 0 Å². The van der Waals surface area contributed by atoms with Gasteiger partial charge in [-0.3, -0.25) is 4.57 Å². The van der Waals surface area contributed by atoms with E-state index in [9.17, 15) is 0 Å². The number of rotatable bonds is 1. The summed E-state index contributed by atoms with van der Waals surface area (Å²) in [5.74, 6) is 0.950. The van der Waals surface area contributed by atoms with Gasteiger partial charge in [-0.05, 0) is 68.9 Å². The van der Waals surface area contributed by atoms with Crippen LogP contribution in [-0.4, -0.2) is 14.8 Å². The molecule has 0 amide bonds. The van der Waals surface area contributed by atoms with Crippen LogP contribution >= 0.6 is 0 Å². The van der Waals surface area contributed by atoms with E-state index in [4.69, 9.17) is 4.99 Å². The van der Waals surface area contributed by atoms with Gasteiger partial charge in [-0.2, -0.15) is 0 Å². The summed E-state index contributed by atoms with van der Waals surface area (Å²) in [6.45, 7) is 0. The van der Waals surface area contributed by atoms with Gasteiger partial charge in [0.1, 0.15) is 12.0 Å². The van der Waals surface area contributed by atoms with Gasteiger partial charge in [0.05, 0.1) is 27.6 Å². The summed E-state index contributed by atoms with van der Waals surface area (Å²) in [6.07, 6.45) is -0.295. The molecule has 250 valence electrons. The Bertz CT molecular complexity index is 3600. The van der Waals surface area contributed by atoms with E-state index in [2.05, 4.69) is 184 Å². The molecule has 1 unspecified atom stereocenters. The SMILES string of the molecule is c1ccc2c(c1)NC(c1ccc3ccc4ccccc4c3c1)N=C2n1c2c3ccccc3ccc2c2cc3c4ccccc4n4c5ccccc5c(c21)c34. The molecule has 0 fully saturated rings. The standard InChI is InChI=1S/C50H30N4/c1-3-13-33-29(11-1)21-22-31-23-24-32(27-39(31)33)49-51-42-18-8-5-16-37(42)50(52-49)54-46-34-14-4-2-12-30(34)25-26-36(46)41-28-40-35-15-6-9-19-43(35)53-44-20-10-7-17-38(44)45(47(40)53)48(41)54/h1-28,49,51H. The highest BCUT2D eigenvalue weighted by Gasteiger charge is 2.30. The normalized spacial score (nSPS) is 14.7. The first-order chi connectivity index (χ1) is 26.8. The monoisotopic (exact) mass is 686 g/mol. The third-order valence-electron chi connectivity index (χ3n) is 12.0. The average molecular weight is 687 g/mol. The number of hydrogen-bond acceptors (Lipinski definition) is 2. The predicted molar refractivity (Wildman–Crippen MR) is 228 cm³/mol. The Labute approximate surface area is 309 Å². The van der Waals surface area contributed by atoms with Gasteiger partial charge in [0.15, 0.2) is 0 Å². The van der Waals surface area contributed by atoms with E-state index in [1.54, 1.807) is 0 Å². The summed E-state index contributed by atoms with van der Waals surface area (Å²) in [5.41, 5.74) is 9.40. The van der Waals surface area contributed by atoms with Crippen molar-refractivity contribution >= 4 is 104 Å². The maximum absolute atomic E-state index is 5.76. The second-order valence-corrected chi connectivity index (χ2v) is 14.7. The van der Waals surface area contributed by atoms with Gasteiger partial charge in [-0.25, -0.2) is 4.99 Å². The van der Waals surface area contributed by atoms with Crippen LogP contribution in [0.25, 0.3) is 92.2 Å². The van der Waals surface area contributed by atoms with Crippen LogP contribution in [0.4, 0.5) is 5.69 Å². The fraction of sp³-hybridized carbons (Fsp3) is 0.0200. The first kappa shape index (κ1) is 28.4. The van der Waals surface area contributed by atoms with E-state index in [1.165, 1.54) is 92.2 Å². The third kappa shape index (κ3) is 3.59. The van der Waals surface area contributed by atoms with Crippen molar-refractivity contribution in [2.24, 2.45) is 4.99 Å². The van der Waals surface area contributed by atoms with Crippen molar-refractivity contribution in [3.63, 3.8) is 0 Å². The highest BCUT2D eigenvalue weighted by Crippen LogP contribution is 2.47. The first-order valence-electron chi connectivity index (χ1n) is 18.7. The molecule has 9 aromatic carbocycles. The molecule has 54 heavy (non-hydrogen) atoms. The number of aromatic nitrogens is 2. The zero-order valence-corrected chi connectivity index (χ0v) is 29.1. The van der Waals surface area contributed by atoms with Crippen LogP contribution in [0.2, 0.25) is 0 Å². The lowest BCUT2D eigenvalue weighted by Gasteiger charge is -2.27. The number of aliphatic imine (C=N–C) groups is 1. The molecule has 0 saturated heterocycles. The molecule has 13 rings (SSSR count). The molecule has 12 aromatic rings. The quantitative estimate of drug-likeness (QED) is 0.171. The lowest BCUT2D eigenvalue weighted by Crippen LogP contribution is -2.24. The minimum Gasteiger partial charge on any atom is -0.359 e. The number of anilines is 1. The molecule has 3 aromatic heterocycles. The summed E-state index contributed by atoms with van der Waals surface area (Å²) in [6, 6.07) is 62.2. The Morgan fingerprint density at radius 1 is 0.426 bits per heavy atom. The van der Waals surface area contributed by atoms with Gasteiger partial charge in [0, 0.05) is 49.0 Å². The lowest BCUT2D eigenvalue weighted by atomic mass is 9.98. The minimum absolute atomic E-state index is 0.295. The molecule has 4 heteroatoms. The van der Waals surface area contributed by atoms with E-state index >= 15 is 0 Å². The van der Waals surface area contributed by atoms with E-state index < -0.39 is 0 Å². The molecule has 4 nitrogen and oxygen atoms in total. The minimum atomic E-state index is -0.295. The largest absolute Gasteiger partial charge is 0.359 e. The molecular weight excluding hydrogens is 657 g/mol. The average Bonchev–Trinajstić information content (AvgIpc) is 3.88. The highest BCUT2D eigenvalue weighted by molar-refractivity contribution is 6.37. The van der Waals surface area contributed by atoms with E-state index in [0.717, 1.165) is 22.6 Å². The number of nitrogens with zero attached hydrogens (tertiary/aromatic N) is 3. The zero-order chi connectivity index (χ0) is 35.1. The van der Waals surface area contributed by atoms with Crippen LogP contribution < -0.4 is 5.32 Å². The Kier molecular flexibility index (Phi) is 5.39. The van der Waals surface area contributed by atoms with Crippen LogP contribution in [0, 0.1) is 0 Å². The number of benzene rings is 9. The smallest absolute Gasteiger partial charge is 0.147 e. The molecule has 0 spiro atoms. The Balaban J connectivity index is 1.21. The van der Waals surface area contributed by atoms with E-state index in [-0.39, 0.29) is 6.17 Å². The van der Waals surface area contributed by atoms with Crippen LogP contribution in [0.15, 0.2) is 175 Å². The second kappa shape index (κ2) is 10.2. The van der Waals surface area contributed by atoms with Crippen LogP contribution in [0.5, 0.6) is 0 Å². The molecule has 0 aliphatic carbocycles. The van der Waals surface area contributed by atoms with Crippen LogP contribution in [0.1, 0.15) is 17.3 Å². The van der Waals surface area contributed by atoms with Gasteiger partial charge in [0.25, 0.3) is 0 Å². The van der Waals surface area contributed by atoms with E-state index in [0.29, 0.717) is 0 Å². The molecule has 0 bridgehead atoms. The predicted octanol–water partition coefficient (Wildman–Crippen LogP) is 12.8. The number of hydrogen-bond donors (Lipinski definition) is 1. The van der Waals surface area contributed by atoms with Gasteiger partial charge >= 0.3 is 0 Å². The number of para-hydroxylation sites is 3. The van der Waals surface area contributed by atoms with Crippen molar-refractivity contribution in [3.8, 4) is 0 Å². The molecule has 1 aliphatic heterocycles. The van der Waals surface area contributed by atoms with Crippen LogP contribution in [0.3, 0.4) is 0 Å². The molecule has 4 heterocycles. The Morgan fingerprint density at radius 3 is 1.89 bits per heavy atom. The summed E-state index contributed by atoms with van der Waals surface area (Å²) in [5, 5.41) is 18.8. The third-order valence-corrected chi connectivity index (χ3v) is 12.0. The van der Waals surface area contributed by atoms with Gasteiger partial charge < -0.3 is 9.72 Å². The number of fused-ring (bicyclic) bond motifs is 16. The molecule has 0 saturated carbocycles. The highest BCUT2D eigenvalue weighted by atomic mass is 15.2. The first-order valence-corrected chi connectivity index (χ1v) is 18.7. The van der Waals surface area contributed by atoms with Crippen molar-refractivity contribution in [2.45, 2.75) is 6.17 Å². The fourth-order valence-electron chi connectivity index (χ4n) is 9.68. The van der Waals surface area contributed by atoms with Gasteiger partial charge in [-0.15, -0.1) is 0 Å². The summed E-state index contributed by atoms with van der Waals surface area (Å²) in [4.78, 5) is 5.76. The topological polar surface area (TPSA) is 33.7 Å². The van der Waals surface area contributed by atoms with Crippen molar-refractivity contribution in [2.75, 3.05) is 5.32 Å². The van der Waals surface area contributed by atoms with Gasteiger partial charge in [-0.1, -0.05) is 133 Å². The molecule has 1 N–H and O–H groups in total. The maximum Gasteiger partial charge on any atom is 0.147 e. The molecule has 1 aliphatic rings. The summed E-state index contributed by atoms with van der Waals surface area (Å²) >= 11 is 0. The second-order valence-electron chi connectivity index (χ2n) is 14.7. The molecule has 1 atom stereocenters. The molecule has 0 radical (unpaired) electrons. The number of nitrogens with one attached hydrogen (secondary N) is 1. The summed E-state index contributed by atoms with van der Waals surface area (Å²) < 4.78 is 4.99. The van der Waals surface area contributed by atoms with Gasteiger partial charge in [0.2, 0.25) is 0 Å². The van der Waals surface area contributed by atoms with Crippen molar-refractivity contribution in [1.29, 1.82) is 0 Å². The fourth-order valence-corrected chi connectivity index (χ4v) is 9.68. The van der Waals surface area contributed by atoms with E-state index in [1.807, 2.05) is 0 Å². The van der Waals surface area contributed by atoms with Crippen molar-refractivity contribution in [1.82, 2.24) is 8.97 Å². The molecular formula is C50H30N4. The summed E-state index contributed by atoms with van der Waals surface area (Å²) in [7, 11) is 0. The zero-order valence-electron chi connectivity index (χ0n) is 29.1. The van der Waals surface area contributed by atoms with Crippen molar-refractivity contribution in [3.05, 3.63) is 181 Å². The Hall–Kier alpha value is -7.17. The maximum atomic E-state index is 5.76. The Morgan fingerprint density at radius 2 is 1.04 bits per heavy atom. The lowest BCUT2D eigenvalue weighted by molar-refractivity contribution is 0.820. The van der Waals surface area contributed by atoms with Crippen molar-refractivity contribution < 1.29 is 0 Å².